The Labute approximate surface area is 106 Å². The van der Waals surface area contributed by atoms with Gasteiger partial charge >= 0.3 is 0 Å². The van der Waals surface area contributed by atoms with Crippen molar-refractivity contribution in [1.82, 2.24) is 9.97 Å². The quantitative estimate of drug-likeness (QED) is 0.891. The Kier molecular flexibility index (Phi) is 3.54. The van der Waals surface area contributed by atoms with Gasteiger partial charge in [0.15, 0.2) is 0 Å². The van der Waals surface area contributed by atoms with Gasteiger partial charge in [0, 0.05) is 11.1 Å². The topological polar surface area (TPSA) is 75.6 Å². The second kappa shape index (κ2) is 5.28. The first-order valence-corrected chi connectivity index (χ1v) is 5.86. The number of nitrogens with zero attached hydrogens (tertiary/aromatic N) is 3. The van der Waals surface area contributed by atoms with Gasteiger partial charge in [-0.05, 0) is 18.6 Å². The molecule has 1 heterocycles. The van der Waals surface area contributed by atoms with Gasteiger partial charge in [0.25, 0.3) is 0 Å². The van der Waals surface area contributed by atoms with Crippen LogP contribution in [0.15, 0.2) is 30.6 Å². The van der Waals surface area contributed by atoms with Crippen LogP contribution in [0, 0.1) is 11.3 Å². The normalized spacial score (nSPS) is 10.0. The predicted octanol–water partition coefficient (Wildman–Crippen LogP) is 2.55. The molecular weight excluding hydrogens is 224 g/mol. The lowest BCUT2D eigenvalue weighted by Gasteiger charge is -2.09. The summed E-state index contributed by atoms with van der Waals surface area (Å²) in [5.41, 5.74) is 9.20. The first-order valence-electron chi connectivity index (χ1n) is 5.86. The van der Waals surface area contributed by atoms with E-state index in [1.54, 1.807) is 6.07 Å². The Hall–Kier alpha value is -2.41. The Morgan fingerprint density at radius 3 is 2.89 bits per heavy atom. The first-order chi connectivity index (χ1) is 8.76. The third-order valence-electron chi connectivity index (χ3n) is 2.74. The molecule has 0 saturated heterocycles. The van der Waals surface area contributed by atoms with Crippen LogP contribution in [0.3, 0.4) is 0 Å². The first kappa shape index (κ1) is 12.1. The van der Waals surface area contributed by atoms with Crippen LogP contribution in [0.1, 0.15) is 24.5 Å². The van der Waals surface area contributed by atoms with E-state index >= 15 is 0 Å². The molecule has 2 rings (SSSR count). The molecule has 0 spiro atoms. The lowest BCUT2D eigenvalue weighted by Crippen LogP contribution is -2.02. The van der Waals surface area contributed by atoms with E-state index in [1.807, 2.05) is 18.2 Å². The molecule has 90 valence electrons. The fourth-order valence-corrected chi connectivity index (χ4v) is 1.91. The van der Waals surface area contributed by atoms with Gasteiger partial charge in [-0.3, -0.25) is 0 Å². The highest BCUT2D eigenvalue weighted by atomic mass is 14.9. The van der Waals surface area contributed by atoms with Crippen LogP contribution in [0.5, 0.6) is 0 Å². The Bertz CT molecular complexity index is 599. The van der Waals surface area contributed by atoms with E-state index < -0.39 is 0 Å². The average Bonchev–Trinajstić information content (AvgIpc) is 2.41. The molecule has 0 aliphatic carbocycles. The highest BCUT2D eigenvalue weighted by Gasteiger charge is 2.10. The van der Waals surface area contributed by atoms with Gasteiger partial charge in [-0.15, -0.1) is 0 Å². The standard InChI is InChI=1S/C14H14N4/c1-2-4-12-13(17-9-18-14(12)16)11-6-3-5-10(7-11)8-15/h3,5-7,9H,2,4H2,1H3,(H2,16,17,18). The molecule has 1 aromatic heterocycles. The number of nitrogen functional groups attached to an aromatic ring is 1. The van der Waals surface area contributed by atoms with Gasteiger partial charge in [0.05, 0.1) is 17.3 Å². The molecule has 2 aromatic rings. The van der Waals surface area contributed by atoms with Crippen molar-refractivity contribution >= 4 is 5.82 Å². The zero-order chi connectivity index (χ0) is 13.0. The number of aromatic nitrogens is 2. The van der Waals surface area contributed by atoms with Crippen LogP contribution in [0.2, 0.25) is 0 Å². The van der Waals surface area contributed by atoms with E-state index in [9.17, 15) is 0 Å². The fraction of sp³-hybridized carbons (Fsp3) is 0.214. The smallest absolute Gasteiger partial charge is 0.130 e. The molecule has 0 bridgehead atoms. The number of anilines is 1. The fourth-order valence-electron chi connectivity index (χ4n) is 1.91. The number of benzene rings is 1. The minimum atomic E-state index is 0.518. The minimum Gasteiger partial charge on any atom is -0.383 e. The van der Waals surface area contributed by atoms with Crippen molar-refractivity contribution in [2.24, 2.45) is 0 Å². The SMILES string of the molecule is CCCc1c(N)ncnc1-c1cccc(C#N)c1. The number of hydrogen-bond donors (Lipinski definition) is 1. The maximum Gasteiger partial charge on any atom is 0.130 e. The van der Waals surface area contributed by atoms with E-state index in [1.165, 1.54) is 6.33 Å². The summed E-state index contributed by atoms with van der Waals surface area (Å²) in [5, 5.41) is 8.93. The third kappa shape index (κ3) is 2.30. The Balaban J connectivity index is 2.56. The van der Waals surface area contributed by atoms with E-state index in [0.29, 0.717) is 11.4 Å². The number of nitriles is 1. The van der Waals surface area contributed by atoms with E-state index in [0.717, 1.165) is 29.7 Å². The molecule has 1 aromatic carbocycles. The largest absolute Gasteiger partial charge is 0.383 e. The number of nitrogens with two attached hydrogens (primary N) is 1. The maximum atomic E-state index is 8.93. The Morgan fingerprint density at radius 1 is 1.33 bits per heavy atom. The van der Waals surface area contributed by atoms with Crippen LogP contribution in [0.25, 0.3) is 11.3 Å². The Morgan fingerprint density at radius 2 is 2.17 bits per heavy atom. The lowest BCUT2D eigenvalue weighted by atomic mass is 10.0. The second-order valence-corrected chi connectivity index (χ2v) is 4.03. The van der Waals surface area contributed by atoms with E-state index in [2.05, 4.69) is 23.0 Å². The summed E-state index contributed by atoms with van der Waals surface area (Å²) >= 11 is 0. The molecule has 18 heavy (non-hydrogen) atoms. The minimum absolute atomic E-state index is 0.518. The second-order valence-electron chi connectivity index (χ2n) is 4.03. The molecule has 2 N–H and O–H groups in total. The van der Waals surface area contributed by atoms with Crippen LogP contribution < -0.4 is 5.73 Å². The van der Waals surface area contributed by atoms with Crippen molar-refractivity contribution in [3.05, 3.63) is 41.7 Å². The van der Waals surface area contributed by atoms with E-state index in [-0.39, 0.29) is 0 Å². The van der Waals surface area contributed by atoms with Crippen LogP contribution in [-0.4, -0.2) is 9.97 Å². The highest BCUT2D eigenvalue weighted by Crippen LogP contribution is 2.25. The van der Waals surface area contributed by atoms with Gasteiger partial charge in [-0.25, -0.2) is 9.97 Å². The van der Waals surface area contributed by atoms with Gasteiger partial charge in [0.1, 0.15) is 12.1 Å². The summed E-state index contributed by atoms with van der Waals surface area (Å²) in [4.78, 5) is 8.33. The summed E-state index contributed by atoms with van der Waals surface area (Å²) in [6.07, 6.45) is 3.27. The lowest BCUT2D eigenvalue weighted by molar-refractivity contribution is 0.908. The van der Waals surface area contributed by atoms with Crippen molar-refractivity contribution < 1.29 is 0 Å². The molecule has 0 atom stereocenters. The summed E-state index contributed by atoms with van der Waals surface area (Å²) in [6, 6.07) is 9.50. The molecule has 0 aliphatic rings. The third-order valence-corrected chi connectivity index (χ3v) is 2.74. The summed E-state index contributed by atoms with van der Waals surface area (Å²) in [5.74, 6) is 0.518. The van der Waals surface area contributed by atoms with Crippen molar-refractivity contribution in [1.29, 1.82) is 5.26 Å². The molecular formula is C14H14N4. The number of rotatable bonds is 3. The summed E-state index contributed by atoms with van der Waals surface area (Å²) < 4.78 is 0. The van der Waals surface area contributed by atoms with Crippen molar-refractivity contribution in [3.63, 3.8) is 0 Å². The van der Waals surface area contributed by atoms with Gasteiger partial charge in [0.2, 0.25) is 0 Å². The average molecular weight is 238 g/mol. The van der Waals surface area contributed by atoms with Gasteiger partial charge < -0.3 is 5.73 Å². The predicted molar refractivity (Wildman–Crippen MR) is 70.6 cm³/mol. The molecule has 0 amide bonds. The van der Waals surface area contributed by atoms with Crippen LogP contribution in [-0.2, 0) is 6.42 Å². The number of hydrogen-bond acceptors (Lipinski definition) is 4. The maximum absolute atomic E-state index is 8.93. The molecule has 0 radical (unpaired) electrons. The van der Waals surface area contributed by atoms with Gasteiger partial charge in [-0.1, -0.05) is 25.5 Å². The molecule has 4 nitrogen and oxygen atoms in total. The molecule has 4 heteroatoms. The summed E-state index contributed by atoms with van der Waals surface area (Å²) in [7, 11) is 0. The molecule has 0 unspecified atom stereocenters. The van der Waals surface area contributed by atoms with E-state index in [4.69, 9.17) is 11.0 Å². The monoisotopic (exact) mass is 238 g/mol. The van der Waals surface area contributed by atoms with Crippen LogP contribution >= 0.6 is 0 Å². The molecule has 0 fully saturated rings. The van der Waals surface area contributed by atoms with Crippen LogP contribution in [0.4, 0.5) is 5.82 Å². The van der Waals surface area contributed by atoms with Crippen molar-refractivity contribution in [3.8, 4) is 17.3 Å². The van der Waals surface area contributed by atoms with Crippen molar-refractivity contribution in [2.75, 3.05) is 5.73 Å². The summed E-state index contributed by atoms with van der Waals surface area (Å²) in [6.45, 7) is 2.09. The van der Waals surface area contributed by atoms with Crippen molar-refractivity contribution in [2.45, 2.75) is 19.8 Å². The molecule has 0 aliphatic heterocycles. The highest BCUT2D eigenvalue weighted by molar-refractivity contribution is 5.68. The van der Waals surface area contributed by atoms with Gasteiger partial charge in [-0.2, -0.15) is 5.26 Å². The zero-order valence-electron chi connectivity index (χ0n) is 10.2. The zero-order valence-corrected chi connectivity index (χ0v) is 10.2. The molecule has 0 saturated carbocycles.